The smallest absolute Gasteiger partial charge is 0.408 e. The number of rotatable bonds is 6. The minimum atomic E-state index is -0.579. The van der Waals surface area contributed by atoms with E-state index in [1.54, 1.807) is 25.4 Å². The molecule has 1 amide bonds. The van der Waals surface area contributed by atoms with Crippen LogP contribution in [0.2, 0.25) is 0 Å². The summed E-state index contributed by atoms with van der Waals surface area (Å²) in [6.07, 6.45) is 3.10. The molecule has 0 radical (unpaired) electrons. The molecular formula is C14H20N2O3. The number of carbonyl (C=O) groups excluding carboxylic acids is 2. The van der Waals surface area contributed by atoms with E-state index in [2.05, 4.69) is 10.3 Å². The Morgan fingerprint density at radius 3 is 2.68 bits per heavy atom. The number of nitrogens with zero attached hydrogens (tertiary/aromatic N) is 1. The van der Waals surface area contributed by atoms with Crippen LogP contribution in [0, 0.1) is 5.92 Å². The second-order valence-corrected chi connectivity index (χ2v) is 4.62. The fourth-order valence-electron chi connectivity index (χ4n) is 1.64. The number of nitrogens with one attached hydrogen (secondary N) is 1. The molecular weight excluding hydrogens is 244 g/mol. The highest BCUT2D eigenvalue weighted by Gasteiger charge is 2.23. The largest absolute Gasteiger partial charge is 0.445 e. The van der Waals surface area contributed by atoms with Crippen LogP contribution < -0.4 is 5.32 Å². The molecule has 1 heterocycles. The summed E-state index contributed by atoms with van der Waals surface area (Å²) in [5.74, 6) is 0.0479. The highest BCUT2D eigenvalue weighted by atomic mass is 16.5. The van der Waals surface area contributed by atoms with E-state index in [1.165, 1.54) is 0 Å². The minimum Gasteiger partial charge on any atom is -0.445 e. The molecule has 0 aliphatic heterocycles. The molecule has 0 aliphatic rings. The molecule has 1 rings (SSSR count). The van der Waals surface area contributed by atoms with Crippen molar-refractivity contribution in [2.24, 2.45) is 5.92 Å². The third kappa shape index (κ3) is 5.07. The van der Waals surface area contributed by atoms with Crippen LogP contribution in [0.5, 0.6) is 0 Å². The Hall–Kier alpha value is -1.91. The van der Waals surface area contributed by atoms with Gasteiger partial charge in [0.15, 0.2) is 5.78 Å². The van der Waals surface area contributed by atoms with Gasteiger partial charge in [0.2, 0.25) is 0 Å². The average molecular weight is 264 g/mol. The molecule has 0 spiro atoms. The molecule has 1 aromatic rings. The van der Waals surface area contributed by atoms with E-state index in [1.807, 2.05) is 19.9 Å². The van der Waals surface area contributed by atoms with Gasteiger partial charge in [0.25, 0.3) is 0 Å². The number of hydrogen-bond acceptors (Lipinski definition) is 4. The zero-order valence-electron chi connectivity index (χ0n) is 11.6. The van der Waals surface area contributed by atoms with Gasteiger partial charge in [-0.15, -0.1) is 0 Å². The van der Waals surface area contributed by atoms with E-state index >= 15 is 0 Å². The van der Waals surface area contributed by atoms with Crippen LogP contribution >= 0.6 is 0 Å². The van der Waals surface area contributed by atoms with Crippen molar-refractivity contribution in [3.05, 3.63) is 30.1 Å². The van der Waals surface area contributed by atoms with Crippen LogP contribution in [-0.4, -0.2) is 22.9 Å². The molecule has 0 aliphatic carbocycles. The van der Waals surface area contributed by atoms with Gasteiger partial charge in [0, 0.05) is 24.4 Å². The van der Waals surface area contributed by atoms with Crippen LogP contribution in [0.15, 0.2) is 24.5 Å². The Bertz CT molecular complexity index is 418. The molecule has 19 heavy (non-hydrogen) atoms. The van der Waals surface area contributed by atoms with Crippen molar-refractivity contribution in [3.63, 3.8) is 0 Å². The molecule has 104 valence electrons. The number of Topliss-reactive ketones (excluding diaryl/α,β-unsaturated/α-hetero) is 1. The summed E-state index contributed by atoms with van der Waals surface area (Å²) in [5, 5.41) is 2.61. The number of carbonyl (C=O) groups is 2. The predicted octanol–water partition coefficient (Wildman–Crippen LogP) is 2.31. The second-order valence-electron chi connectivity index (χ2n) is 4.62. The molecule has 0 bridgehead atoms. The van der Waals surface area contributed by atoms with Crippen LogP contribution in [-0.2, 0) is 16.1 Å². The SMILES string of the molecule is CCC(=O)C(NC(=O)OCc1cccnc1)C(C)C. The number of aromatic nitrogens is 1. The predicted molar refractivity (Wildman–Crippen MR) is 71.5 cm³/mol. The van der Waals surface area contributed by atoms with Crippen molar-refractivity contribution < 1.29 is 14.3 Å². The number of alkyl carbamates (subject to hydrolysis) is 1. The lowest BCUT2D eigenvalue weighted by atomic mass is 9.99. The van der Waals surface area contributed by atoms with E-state index in [-0.39, 0.29) is 18.3 Å². The zero-order chi connectivity index (χ0) is 14.3. The Morgan fingerprint density at radius 1 is 1.42 bits per heavy atom. The minimum absolute atomic E-state index is 0.00771. The van der Waals surface area contributed by atoms with Gasteiger partial charge in [-0.3, -0.25) is 9.78 Å². The van der Waals surface area contributed by atoms with E-state index in [9.17, 15) is 9.59 Å². The molecule has 1 N–H and O–H groups in total. The van der Waals surface area contributed by atoms with Gasteiger partial charge < -0.3 is 10.1 Å². The fraction of sp³-hybridized carbons (Fsp3) is 0.500. The summed E-state index contributed by atoms with van der Waals surface area (Å²) in [7, 11) is 0. The quantitative estimate of drug-likeness (QED) is 0.856. The summed E-state index contributed by atoms with van der Waals surface area (Å²) in [5.41, 5.74) is 0.806. The van der Waals surface area contributed by atoms with Crippen molar-refractivity contribution in [1.82, 2.24) is 10.3 Å². The van der Waals surface area contributed by atoms with Crippen molar-refractivity contribution >= 4 is 11.9 Å². The lowest BCUT2D eigenvalue weighted by Crippen LogP contribution is -2.44. The molecule has 5 nitrogen and oxygen atoms in total. The maximum Gasteiger partial charge on any atom is 0.408 e. The highest BCUT2D eigenvalue weighted by molar-refractivity contribution is 5.87. The molecule has 0 saturated heterocycles. The topological polar surface area (TPSA) is 68.3 Å². The van der Waals surface area contributed by atoms with Crippen molar-refractivity contribution in [1.29, 1.82) is 0 Å². The third-order valence-corrected chi connectivity index (χ3v) is 2.73. The van der Waals surface area contributed by atoms with Gasteiger partial charge in [-0.25, -0.2) is 4.79 Å². The first-order valence-electron chi connectivity index (χ1n) is 6.39. The molecule has 1 aromatic heterocycles. The van der Waals surface area contributed by atoms with Crippen LogP contribution in [0.25, 0.3) is 0 Å². The molecule has 0 aromatic carbocycles. The van der Waals surface area contributed by atoms with Gasteiger partial charge in [0.1, 0.15) is 6.61 Å². The van der Waals surface area contributed by atoms with E-state index in [4.69, 9.17) is 4.74 Å². The fourth-order valence-corrected chi connectivity index (χ4v) is 1.64. The first-order chi connectivity index (χ1) is 9.04. The summed E-state index contributed by atoms with van der Waals surface area (Å²) in [6, 6.07) is 3.09. The molecule has 1 unspecified atom stereocenters. The molecule has 0 saturated carbocycles. The number of amides is 1. The van der Waals surface area contributed by atoms with Gasteiger partial charge in [0.05, 0.1) is 6.04 Å². The third-order valence-electron chi connectivity index (χ3n) is 2.73. The van der Waals surface area contributed by atoms with Crippen molar-refractivity contribution in [2.45, 2.75) is 39.8 Å². The Labute approximate surface area is 113 Å². The zero-order valence-corrected chi connectivity index (χ0v) is 11.6. The van der Waals surface area contributed by atoms with Crippen LogP contribution in [0.1, 0.15) is 32.8 Å². The highest BCUT2D eigenvalue weighted by Crippen LogP contribution is 2.06. The van der Waals surface area contributed by atoms with E-state index < -0.39 is 12.1 Å². The number of ether oxygens (including phenoxy) is 1. The second kappa shape index (κ2) is 7.51. The summed E-state index contributed by atoms with van der Waals surface area (Å²) in [4.78, 5) is 27.3. The normalized spacial score (nSPS) is 12.0. The van der Waals surface area contributed by atoms with E-state index in [0.29, 0.717) is 6.42 Å². The molecule has 5 heteroatoms. The number of ketones is 1. The lowest BCUT2D eigenvalue weighted by Gasteiger charge is -2.20. The Balaban J connectivity index is 2.47. The van der Waals surface area contributed by atoms with Crippen LogP contribution in [0.4, 0.5) is 4.79 Å². The first kappa shape index (κ1) is 15.1. The van der Waals surface area contributed by atoms with Crippen molar-refractivity contribution in [2.75, 3.05) is 0 Å². The maximum absolute atomic E-state index is 11.7. The average Bonchev–Trinajstić information content (AvgIpc) is 2.42. The standard InChI is InChI=1S/C14H20N2O3/c1-4-12(17)13(10(2)3)16-14(18)19-9-11-6-5-7-15-8-11/h5-8,10,13H,4,9H2,1-3H3,(H,16,18). The summed E-state index contributed by atoms with van der Waals surface area (Å²) in [6.45, 7) is 5.70. The van der Waals surface area contributed by atoms with Crippen LogP contribution in [0.3, 0.4) is 0 Å². The van der Waals surface area contributed by atoms with E-state index in [0.717, 1.165) is 5.56 Å². The van der Waals surface area contributed by atoms with Gasteiger partial charge in [-0.1, -0.05) is 26.8 Å². The van der Waals surface area contributed by atoms with Gasteiger partial charge in [-0.05, 0) is 12.0 Å². The maximum atomic E-state index is 11.7. The van der Waals surface area contributed by atoms with Gasteiger partial charge in [-0.2, -0.15) is 0 Å². The Kier molecular flexibility index (Phi) is 5.99. The monoisotopic (exact) mass is 264 g/mol. The molecule has 0 fully saturated rings. The summed E-state index contributed by atoms with van der Waals surface area (Å²) >= 11 is 0. The Morgan fingerprint density at radius 2 is 2.16 bits per heavy atom. The number of hydrogen-bond donors (Lipinski definition) is 1. The molecule has 1 atom stereocenters. The number of pyridine rings is 1. The first-order valence-corrected chi connectivity index (χ1v) is 6.39. The van der Waals surface area contributed by atoms with Crippen molar-refractivity contribution in [3.8, 4) is 0 Å². The summed E-state index contributed by atoms with van der Waals surface area (Å²) < 4.78 is 5.06. The van der Waals surface area contributed by atoms with Gasteiger partial charge >= 0.3 is 6.09 Å². The lowest BCUT2D eigenvalue weighted by molar-refractivity contribution is -0.121.